The zero-order chi connectivity index (χ0) is 13.8. The standard InChI is InChI=1S/C18H15OP.BrH/c19-20(16-10-4-1-5-11-16,17-12-6-2-7-13-17)18-14-8-3-9-15-18;/h1-15H;1H. The van der Waals surface area contributed by atoms with E-state index in [4.69, 9.17) is 0 Å². The van der Waals surface area contributed by atoms with E-state index in [1.807, 2.05) is 91.0 Å². The van der Waals surface area contributed by atoms with Gasteiger partial charge in [-0.25, -0.2) is 0 Å². The van der Waals surface area contributed by atoms with Gasteiger partial charge in [-0.1, -0.05) is 91.0 Å². The van der Waals surface area contributed by atoms with Crippen molar-refractivity contribution >= 4 is 40.0 Å². The van der Waals surface area contributed by atoms with E-state index in [1.165, 1.54) is 0 Å². The summed E-state index contributed by atoms with van der Waals surface area (Å²) < 4.78 is 13.8. The minimum atomic E-state index is -2.78. The van der Waals surface area contributed by atoms with Gasteiger partial charge in [-0.3, -0.25) is 0 Å². The molecule has 0 bridgehead atoms. The van der Waals surface area contributed by atoms with Gasteiger partial charge < -0.3 is 4.57 Å². The van der Waals surface area contributed by atoms with Crippen LogP contribution in [0.15, 0.2) is 91.0 Å². The highest BCUT2D eigenvalue weighted by Gasteiger charge is 2.28. The third-order valence-corrected chi connectivity index (χ3v) is 6.44. The lowest BCUT2D eigenvalue weighted by molar-refractivity contribution is 0.592. The third kappa shape index (κ3) is 3.02. The first kappa shape index (κ1) is 15.8. The van der Waals surface area contributed by atoms with Crippen LogP contribution in [0.1, 0.15) is 0 Å². The van der Waals surface area contributed by atoms with Crippen molar-refractivity contribution in [3.8, 4) is 0 Å². The SMILES string of the molecule is Br.O=P(c1ccccc1)(c1ccccc1)c1ccccc1. The lowest BCUT2D eigenvalue weighted by Crippen LogP contribution is -2.24. The van der Waals surface area contributed by atoms with Gasteiger partial charge in [0.25, 0.3) is 0 Å². The molecular formula is C18H16BrOP. The van der Waals surface area contributed by atoms with Gasteiger partial charge >= 0.3 is 0 Å². The largest absolute Gasteiger partial charge is 0.309 e. The summed E-state index contributed by atoms with van der Waals surface area (Å²) in [4.78, 5) is 0. The molecule has 21 heavy (non-hydrogen) atoms. The molecular weight excluding hydrogens is 343 g/mol. The van der Waals surface area contributed by atoms with E-state index in [0.717, 1.165) is 15.9 Å². The minimum absolute atomic E-state index is 0. The molecule has 0 fully saturated rings. The average Bonchev–Trinajstić information content (AvgIpc) is 2.56. The van der Waals surface area contributed by atoms with Crippen LogP contribution in [0.25, 0.3) is 0 Å². The van der Waals surface area contributed by atoms with Crippen LogP contribution in [0.5, 0.6) is 0 Å². The Kier molecular flexibility index (Phi) is 5.17. The highest BCUT2D eigenvalue weighted by molar-refractivity contribution is 8.93. The Morgan fingerprint density at radius 1 is 0.476 bits per heavy atom. The second-order valence-electron chi connectivity index (χ2n) is 4.62. The Balaban J connectivity index is 0.00000161. The van der Waals surface area contributed by atoms with Crippen LogP contribution in [0, 0.1) is 0 Å². The van der Waals surface area contributed by atoms with Crippen LogP contribution < -0.4 is 15.9 Å². The van der Waals surface area contributed by atoms with Gasteiger partial charge in [-0.05, 0) is 0 Å². The molecule has 0 aromatic heterocycles. The maximum absolute atomic E-state index is 13.8. The molecule has 0 aliphatic rings. The lowest BCUT2D eigenvalue weighted by Gasteiger charge is -2.19. The first-order chi connectivity index (χ1) is 9.82. The smallest absolute Gasteiger partial charge is 0.171 e. The van der Waals surface area contributed by atoms with Crippen molar-refractivity contribution in [3.63, 3.8) is 0 Å². The summed E-state index contributed by atoms with van der Waals surface area (Å²) >= 11 is 0. The molecule has 0 unspecified atom stereocenters. The van der Waals surface area contributed by atoms with E-state index in [0.29, 0.717) is 0 Å². The summed E-state index contributed by atoms with van der Waals surface area (Å²) in [6.07, 6.45) is 0. The van der Waals surface area contributed by atoms with E-state index in [9.17, 15) is 4.57 Å². The average molecular weight is 359 g/mol. The highest BCUT2D eigenvalue weighted by Crippen LogP contribution is 2.41. The van der Waals surface area contributed by atoms with Crippen LogP contribution in [-0.2, 0) is 4.57 Å². The second-order valence-corrected chi connectivity index (χ2v) is 7.38. The van der Waals surface area contributed by atoms with Gasteiger partial charge in [0.05, 0.1) is 0 Å². The fourth-order valence-corrected chi connectivity index (χ4v) is 5.03. The van der Waals surface area contributed by atoms with Gasteiger partial charge in [-0.15, -0.1) is 17.0 Å². The van der Waals surface area contributed by atoms with Crippen molar-refractivity contribution in [2.75, 3.05) is 0 Å². The van der Waals surface area contributed by atoms with Gasteiger partial charge in [0.15, 0.2) is 7.14 Å². The van der Waals surface area contributed by atoms with E-state index < -0.39 is 7.14 Å². The minimum Gasteiger partial charge on any atom is -0.309 e. The van der Waals surface area contributed by atoms with Crippen LogP contribution in [-0.4, -0.2) is 0 Å². The van der Waals surface area contributed by atoms with E-state index >= 15 is 0 Å². The van der Waals surface area contributed by atoms with Gasteiger partial charge in [0.2, 0.25) is 0 Å². The first-order valence-electron chi connectivity index (χ1n) is 6.59. The Morgan fingerprint density at radius 3 is 0.952 bits per heavy atom. The Bertz CT molecular complexity index is 624. The summed E-state index contributed by atoms with van der Waals surface area (Å²) in [5.74, 6) is 0. The molecule has 0 heterocycles. The first-order valence-corrected chi connectivity index (χ1v) is 8.29. The highest BCUT2D eigenvalue weighted by atomic mass is 79.9. The maximum Gasteiger partial charge on any atom is 0.171 e. The molecule has 0 spiro atoms. The van der Waals surface area contributed by atoms with Crippen LogP contribution in [0.2, 0.25) is 0 Å². The van der Waals surface area contributed by atoms with Crippen LogP contribution in [0.4, 0.5) is 0 Å². The normalized spacial score (nSPS) is 10.7. The molecule has 0 N–H and O–H groups in total. The summed E-state index contributed by atoms with van der Waals surface area (Å²) in [6, 6.07) is 29.1. The monoisotopic (exact) mass is 358 g/mol. The second kappa shape index (κ2) is 6.89. The van der Waals surface area contributed by atoms with Gasteiger partial charge in [-0.2, -0.15) is 0 Å². The maximum atomic E-state index is 13.8. The molecule has 0 saturated carbocycles. The third-order valence-electron chi connectivity index (χ3n) is 3.36. The molecule has 0 amide bonds. The summed E-state index contributed by atoms with van der Waals surface area (Å²) in [6.45, 7) is 0. The predicted molar refractivity (Wildman–Crippen MR) is 96.2 cm³/mol. The van der Waals surface area contributed by atoms with Crippen molar-refractivity contribution < 1.29 is 4.57 Å². The van der Waals surface area contributed by atoms with Crippen molar-refractivity contribution in [1.82, 2.24) is 0 Å². The zero-order valence-electron chi connectivity index (χ0n) is 11.4. The number of benzene rings is 3. The molecule has 3 aromatic rings. The number of rotatable bonds is 3. The fraction of sp³-hybridized carbons (Fsp3) is 0. The lowest BCUT2D eigenvalue weighted by atomic mass is 10.4. The van der Waals surface area contributed by atoms with E-state index in [1.54, 1.807) is 0 Å². The van der Waals surface area contributed by atoms with Crippen molar-refractivity contribution in [3.05, 3.63) is 91.0 Å². The Labute approximate surface area is 135 Å². The summed E-state index contributed by atoms with van der Waals surface area (Å²) in [7, 11) is -2.78. The van der Waals surface area contributed by atoms with E-state index in [-0.39, 0.29) is 17.0 Å². The number of halogens is 1. The van der Waals surface area contributed by atoms with E-state index in [2.05, 4.69) is 0 Å². The predicted octanol–water partition coefficient (Wildman–Crippen LogP) is 3.90. The topological polar surface area (TPSA) is 17.1 Å². The molecule has 0 atom stereocenters. The Hall–Kier alpha value is -1.63. The molecule has 0 saturated heterocycles. The molecule has 3 rings (SSSR count). The molecule has 0 aliphatic carbocycles. The molecule has 0 aliphatic heterocycles. The molecule has 106 valence electrons. The van der Waals surface area contributed by atoms with Crippen LogP contribution >= 0.6 is 24.1 Å². The fourth-order valence-electron chi connectivity index (χ4n) is 2.36. The molecule has 3 aromatic carbocycles. The number of hydrogen-bond donors (Lipinski definition) is 0. The summed E-state index contributed by atoms with van der Waals surface area (Å²) in [5.41, 5.74) is 0. The zero-order valence-corrected chi connectivity index (χ0v) is 14.0. The van der Waals surface area contributed by atoms with Gasteiger partial charge in [0, 0.05) is 15.9 Å². The Morgan fingerprint density at radius 2 is 0.714 bits per heavy atom. The molecule has 3 heteroatoms. The van der Waals surface area contributed by atoms with Crippen molar-refractivity contribution in [1.29, 1.82) is 0 Å². The van der Waals surface area contributed by atoms with Crippen LogP contribution in [0.3, 0.4) is 0 Å². The quantitative estimate of drug-likeness (QED) is 0.649. The van der Waals surface area contributed by atoms with Crippen molar-refractivity contribution in [2.24, 2.45) is 0 Å². The molecule has 1 nitrogen and oxygen atoms in total. The number of hydrogen-bond acceptors (Lipinski definition) is 1. The van der Waals surface area contributed by atoms with Gasteiger partial charge in [0.1, 0.15) is 0 Å². The summed E-state index contributed by atoms with van der Waals surface area (Å²) in [5, 5.41) is 2.62. The van der Waals surface area contributed by atoms with Crippen molar-refractivity contribution in [2.45, 2.75) is 0 Å². The molecule has 0 radical (unpaired) electrons.